The lowest BCUT2D eigenvalue weighted by molar-refractivity contribution is -0.128. The predicted octanol–water partition coefficient (Wildman–Crippen LogP) is 2.50. The van der Waals surface area contributed by atoms with E-state index in [4.69, 9.17) is 0 Å². The number of thiophene rings is 1. The smallest absolute Gasteiger partial charge is 0.223 e. The van der Waals surface area contributed by atoms with Crippen LogP contribution in [0, 0.1) is 0 Å². The monoisotopic (exact) mass is 438 g/mol. The molecule has 0 saturated carbocycles. The van der Waals surface area contributed by atoms with E-state index < -0.39 is 0 Å². The van der Waals surface area contributed by atoms with Crippen molar-refractivity contribution in [2.24, 2.45) is 4.99 Å². The number of hydrogen-bond acceptors (Lipinski definition) is 3. The maximum absolute atomic E-state index is 11.5. The van der Waals surface area contributed by atoms with Gasteiger partial charge in [0.25, 0.3) is 0 Å². The van der Waals surface area contributed by atoms with Crippen LogP contribution < -0.4 is 10.6 Å². The number of nitrogens with zero attached hydrogens (tertiary/aromatic N) is 2. The molecule has 0 aliphatic carbocycles. The highest BCUT2D eigenvalue weighted by atomic mass is 127. The van der Waals surface area contributed by atoms with Gasteiger partial charge in [0.15, 0.2) is 5.96 Å². The topological polar surface area (TPSA) is 56.7 Å². The third kappa shape index (κ3) is 7.98. The summed E-state index contributed by atoms with van der Waals surface area (Å²) >= 11 is 1.76. The molecular weight excluding hydrogens is 411 g/mol. The molecule has 2 N–H and O–H groups in total. The number of amides is 1. The van der Waals surface area contributed by atoms with Crippen LogP contribution in [-0.2, 0) is 4.79 Å². The van der Waals surface area contributed by atoms with Gasteiger partial charge in [-0.25, -0.2) is 0 Å². The molecule has 0 aliphatic heterocycles. The maximum Gasteiger partial charge on any atom is 0.223 e. The van der Waals surface area contributed by atoms with Gasteiger partial charge in [0.1, 0.15) is 0 Å². The van der Waals surface area contributed by atoms with E-state index >= 15 is 0 Å². The first kappa shape index (κ1) is 21.2. The summed E-state index contributed by atoms with van der Waals surface area (Å²) in [5.41, 5.74) is 0. The zero-order valence-electron chi connectivity index (χ0n) is 13.8. The van der Waals surface area contributed by atoms with Crippen LogP contribution in [0.3, 0.4) is 0 Å². The third-order valence-electron chi connectivity index (χ3n) is 3.03. The quantitative estimate of drug-likeness (QED) is 0.391. The van der Waals surface area contributed by atoms with Crippen LogP contribution in [0.25, 0.3) is 0 Å². The zero-order valence-corrected chi connectivity index (χ0v) is 16.9. The molecule has 126 valence electrons. The van der Waals surface area contributed by atoms with Gasteiger partial charge in [-0.3, -0.25) is 9.79 Å². The van der Waals surface area contributed by atoms with Crippen LogP contribution in [0.1, 0.15) is 31.1 Å². The van der Waals surface area contributed by atoms with Crippen LogP contribution in [0.4, 0.5) is 0 Å². The Labute approximate surface area is 154 Å². The van der Waals surface area contributed by atoms with Gasteiger partial charge in [0.05, 0.1) is 6.54 Å². The highest BCUT2D eigenvalue weighted by molar-refractivity contribution is 14.0. The Kier molecular flexibility index (Phi) is 11.3. The first-order chi connectivity index (χ1) is 10.0. The molecule has 0 spiro atoms. The van der Waals surface area contributed by atoms with E-state index in [-0.39, 0.29) is 29.9 Å². The predicted molar refractivity (Wildman–Crippen MR) is 105 cm³/mol. The number of rotatable bonds is 7. The second-order valence-electron chi connectivity index (χ2n) is 5.10. The van der Waals surface area contributed by atoms with Gasteiger partial charge in [-0.2, -0.15) is 0 Å². The van der Waals surface area contributed by atoms with Crippen LogP contribution in [0.5, 0.6) is 0 Å². The molecule has 1 aromatic heterocycles. The summed E-state index contributed by atoms with van der Waals surface area (Å²) in [6.07, 6.45) is 0.470. The Bertz CT molecular complexity index is 448. The number of aliphatic imine (C=N–C) groups is 1. The van der Waals surface area contributed by atoms with Crippen molar-refractivity contribution in [3.05, 3.63) is 22.4 Å². The van der Waals surface area contributed by atoms with Gasteiger partial charge in [0, 0.05) is 44.4 Å². The maximum atomic E-state index is 11.5. The lowest BCUT2D eigenvalue weighted by Crippen LogP contribution is -2.39. The number of carbonyl (C=O) groups excluding carboxylic acids is 1. The molecule has 7 heteroatoms. The SMILES string of the molecule is CCNC(=NCC(C)c1cccs1)NCCC(=O)N(C)C.I. The average Bonchev–Trinajstić information content (AvgIpc) is 2.98. The Balaban J connectivity index is 0.00000441. The van der Waals surface area contributed by atoms with Crippen molar-refractivity contribution in [2.45, 2.75) is 26.2 Å². The van der Waals surface area contributed by atoms with Gasteiger partial charge in [-0.1, -0.05) is 13.0 Å². The molecule has 1 aromatic rings. The first-order valence-electron chi connectivity index (χ1n) is 7.30. The van der Waals surface area contributed by atoms with Crippen molar-refractivity contribution in [1.82, 2.24) is 15.5 Å². The van der Waals surface area contributed by atoms with Gasteiger partial charge >= 0.3 is 0 Å². The van der Waals surface area contributed by atoms with E-state index in [1.54, 1.807) is 30.3 Å². The molecule has 0 fully saturated rings. The fraction of sp³-hybridized carbons (Fsp3) is 0.600. The normalized spacial score (nSPS) is 12.3. The number of carbonyl (C=O) groups is 1. The molecule has 0 radical (unpaired) electrons. The molecule has 5 nitrogen and oxygen atoms in total. The summed E-state index contributed by atoms with van der Waals surface area (Å²) in [7, 11) is 3.54. The van der Waals surface area contributed by atoms with E-state index in [1.165, 1.54) is 4.88 Å². The molecule has 1 rings (SSSR count). The second kappa shape index (κ2) is 11.7. The average molecular weight is 438 g/mol. The molecular formula is C15H27IN4OS. The van der Waals surface area contributed by atoms with E-state index in [9.17, 15) is 4.79 Å². The fourth-order valence-corrected chi connectivity index (χ4v) is 2.52. The number of halogens is 1. The standard InChI is InChI=1S/C15H26N4OS.HI/c1-5-16-15(17-9-8-14(20)19(3)4)18-11-12(2)13-7-6-10-21-13;/h6-7,10,12H,5,8-9,11H2,1-4H3,(H2,16,17,18);1H. The fourth-order valence-electron chi connectivity index (χ4n) is 1.74. The molecule has 0 bridgehead atoms. The van der Waals surface area contributed by atoms with Gasteiger partial charge in [-0.05, 0) is 18.4 Å². The minimum atomic E-state index is 0. The summed E-state index contributed by atoms with van der Waals surface area (Å²) < 4.78 is 0. The molecule has 0 aliphatic rings. The zero-order chi connectivity index (χ0) is 15.7. The molecule has 1 unspecified atom stereocenters. The van der Waals surface area contributed by atoms with Crippen molar-refractivity contribution in [1.29, 1.82) is 0 Å². The molecule has 0 aromatic carbocycles. The Hall–Kier alpha value is -0.830. The molecule has 1 atom stereocenters. The second-order valence-corrected chi connectivity index (χ2v) is 6.08. The van der Waals surface area contributed by atoms with Gasteiger partial charge in [0.2, 0.25) is 5.91 Å². The molecule has 1 heterocycles. The summed E-state index contributed by atoms with van der Waals surface area (Å²) in [6, 6.07) is 4.21. The largest absolute Gasteiger partial charge is 0.357 e. The van der Waals surface area contributed by atoms with Crippen LogP contribution in [-0.4, -0.2) is 50.5 Å². The summed E-state index contributed by atoms with van der Waals surface area (Å²) in [5, 5.41) is 8.49. The molecule has 22 heavy (non-hydrogen) atoms. The Morgan fingerprint density at radius 3 is 2.68 bits per heavy atom. The number of guanidine groups is 1. The number of hydrogen-bond donors (Lipinski definition) is 2. The van der Waals surface area contributed by atoms with Crippen molar-refractivity contribution >= 4 is 47.2 Å². The van der Waals surface area contributed by atoms with Crippen molar-refractivity contribution in [3.8, 4) is 0 Å². The van der Waals surface area contributed by atoms with Crippen LogP contribution in [0.2, 0.25) is 0 Å². The Morgan fingerprint density at radius 1 is 1.41 bits per heavy atom. The lowest BCUT2D eigenvalue weighted by Gasteiger charge is -2.14. The molecule has 1 amide bonds. The van der Waals surface area contributed by atoms with Crippen molar-refractivity contribution in [3.63, 3.8) is 0 Å². The van der Waals surface area contributed by atoms with Crippen LogP contribution >= 0.6 is 35.3 Å². The van der Waals surface area contributed by atoms with E-state index in [2.05, 4.69) is 40.1 Å². The number of nitrogens with one attached hydrogen (secondary N) is 2. The third-order valence-corrected chi connectivity index (χ3v) is 4.13. The van der Waals surface area contributed by atoms with Gasteiger partial charge < -0.3 is 15.5 Å². The minimum Gasteiger partial charge on any atom is -0.357 e. The van der Waals surface area contributed by atoms with E-state index in [0.717, 1.165) is 19.0 Å². The Morgan fingerprint density at radius 2 is 2.14 bits per heavy atom. The summed E-state index contributed by atoms with van der Waals surface area (Å²) in [4.78, 5) is 19.1. The van der Waals surface area contributed by atoms with Crippen molar-refractivity contribution < 1.29 is 4.79 Å². The molecule has 0 saturated heterocycles. The highest BCUT2D eigenvalue weighted by Crippen LogP contribution is 2.20. The minimum absolute atomic E-state index is 0. The lowest BCUT2D eigenvalue weighted by atomic mass is 10.1. The summed E-state index contributed by atoms with van der Waals surface area (Å²) in [6.45, 7) is 6.34. The summed E-state index contributed by atoms with van der Waals surface area (Å²) in [5.74, 6) is 1.29. The van der Waals surface area contributed by atoms with Gasteiger partial charge in [-0.15, -0.1) is 35.3 Å². The van der Waals surface area contributed by atoms with E-state index in [1.807, 2.05) is 6.92 Å². The highest BCUT2D eigenvalue weighted by Gasteiger charge is 2.07. The first-order valence-corrected chi connectivity index (χ1v) is 8.18. The van der Waals surface area contributed by atoms with Crippen LogP contribution in [0.15, 0.2) is 22.5 Å². The van der Waals surface area contributed by atoms with Crippen molar-refractivity contribution in [2.75, 3.05) is 33.7 Å². The van der Waals surface area contributed by atoms with E-state index in [0.29, 0.717) is 18.9 Å².